The second kappa shape index (κ2) is 0.463. The maximum absolute atomic E-state index is 5.68. The van der Waals surface area contributed by atoms with Crippen LogP contribution in [0.3, 0.4) is 0 Å². The molecule has 2 saturated carbocycles. The van der Waals surface area contributed by atoms with Crippen molar-refractivity contribution >= 4 is 0 Å². The van der Waals surface area contributed by atoms with Crippen LogP contribution >= 0.6 is 0 Å². The van der Waals surface area contributed by atoms with E-state index >= 15 is 0 Å². The average Bonchev–Trinajstić information content (AvgIpc) is 2.24. The van der Waals surface area contributed by atoms with Crippen LogP contribution in [0, 0.1) is 11.8 Å². The van der Waals surface area contributed by atoms with E-state index in [4.69, 9.17) is 5.73 Å². The first-order valence-corrected chi connectivity index (χ1v) is 2.54. The molecule has 0 heterocycles. The van der Waals surface area contributed by atoms with Gasteiger partial charge in [0.2, 0.25) is 0 Å². The third-order valence-electron chi connectivity index (χ3n) is 2.45. The van der Waals surface area contributed by atoms with Gasteiger partial charge in [0.15, 0.2) is 0 Å². The predicted octanol–water partition coefficient (Wildman–Crippen LogP) is 0.354. The van der Waals surface area contributed by atoms with E-state index < -0.39 is 0 Å². The molecular weight excluding hydrogens is 74.1 g/mol. The molecule has 0 aromatic rings. The second-order valence-electron chi connectivity index (χ2n) is 2.71. The molecule has 0 aliphatic heterocycles. The van der Waals surface area contributed by atoms with Gasteiger partial charge in [-0.1, -0.05) is 6.92 Å². The van der Waals surface area contributed by atoms with Crippen LogP contribution in [0.1, 0.15) is 13.3 Å². The van der Waals surface area contributed by atoms with Gasteiger partial charge in [-0.25, -0.2) is 0 Å². The molecule has 6 heavy (non-hydrogen) atoms. The number of rotatable bonds is 0. The maximum atomic E-state index is 5.68. The van der Waals surface area contributed by atoms with Crippen LogP contribution in [0.25, 0.3) is 0 Å². The van der Waals surface area contributed by atoms with E-state index in [1.54, 1.807) is 0 Å². The highest BCUT2D eigenvalue weighted by atomic mass is 15.0. The van der Waals surface area contributed by atoms with Gasteiger partial charge in [-0.3, -0.25) is 0 Å². The number of hydrogen-bond donors (Lipinski definition) is 1. The quantitative estimate of drug-likeness (QED) is 0.449. The van der Waals surface area contributed by atoms with Crippen LogP contribution in [0.5, 0.6) is 0 Å². The zero-order valence-electron chi connectivity index (χ0n) is 3.94. The zero-order valence-corrected chi connectivity index (χ0v) is 3.94. The fraction of sp³-hybridized carbons (Fsp3) is 1.00. The molecule has 2 rings (SSSR count). The minimum absolute atomic E-state index is 0.375. The average molecular weight is 83.1 g/mol. The largest absolute Gasteiger partial charge is 0.325 e. The van der Waals surface area contributed by atoms with E-state index in [0.717, 1.165) is 11.8 Å². The van der Waals surface area contributed by atoms with Crippen LogP contribution in [-0.2, 0) is 0 Å². The third-order valence-corrected chi connectivity index (χ3v) is 2.45. The lowest BCUT2D eigenvalue weighted by Gasteiger charge is -1.94. The first kappa shape index (κ1) is 3.03. The van der Waals surface area contributed by atoms with E-state index in [2.05, 4.69) is 6.92 Å². The normalized spacial score (nSPS) is 73.0. The lowest BCUT2D eigenvalue weighted by Crippen LogP contribution is -2.13. The molecule has 1 heteroatoms. The molecule has 0 aromatic carbocycles. The highest BCUT2D eigenvalue weighted by Gasteiger charge is 2.73. The summed E-state index contributed by atoms with van der Waals surface area (Å²) >= 11 is 0. The van der Waals surface area contributed by atoms with Crippen molar-refractivity contribution in [2.45, 2.75) is 18.9 Å². The molecule has 0 radical (unpaired) electrons. The molecule has 1 nitrogen and oxygen atoms in total. The van der Waals surface area contributed by atoms with Gasteiger partial charge in [-0.2, -0.15) is 0 Å². The van der Waals surface area contributed by atoms with Crippen LogP contribution in [-0.4, -0.2) is 5.54 Å². The van der Waals surface area contributed by atoms with Gasteiger partial charge < -0.3 is 5.73 Å². The maximum Gasteiger partial charge on any atom is 0.0219 e. The molecule has 0 amide bonds. The van der Waals surface area contributed by atoms with Crippen LogP contribution in [0.2, 0.25) is 0 Å². The summed E-state index contributed by atoms with van der Waals surface area (Å²) in [6.45, 7) is 2.23. The van der Waals surface area contributed by atoms with Gasteiger partial charge in [0.1, 0.15) is 0 Å². The Hall–Kier alpha value is -0.0400. The Kier molecular flexibility index (Phi) is 0.234. The van der Waals surface area contributed by atoms with Crippen molar-refractivity contribution in [1.29, 1.82) is 0 Å². The van der Waals surface area contributed by atoms with Gasteiger partial charge in [0, 0.05) is 5.54 Å². The summed E-state index contributed by atoms with van der Waals surface area (Å²) in [7, 11) is 0. The Morgan fingerprint density at radius 2 is 2.17 bits per heavy atom. The minimum atomic E-state index is 0.375. The molecule has 34 valence electrons. The first-order valence-electron chi connectivity index (χ1n) is 2.54. The molecule has 2 N–H and O–H groups in total. The Balaban J connectivity index is 2.23. The summed E-state index contributed by atoms with van der Waals surface area (Å²) < 4.78 is 0. The summed E-state index contributed by atoms with van der Waals surface area (Å²) in [6.07, 6.45) is 1.31. The molecule has 2 fully saturated rings. The summed E-state index contributed by atoms with van der Waals surface area (Å²) in [6, 6.07) is 0. The second-order valence-corrected chi connectivity index (χ2v) is 2.71. The topological polar surface area (TPSA) is 26.0 Å². The van der Waals surface area contributed by atoms with E-state index in [1.165, 1.54) is 6.42 Å². The van der Waals surface area contributed by atoms with Crippen molar-refractivity contribution in [3.05, 3.63) is 0 Å². The number of fused-ring (bicyclic) bond motifs is 1. The Morgan fingerprint density at radius 1 is 1.83 bits per heavy atom. The van der Waals surface area contributed by atoms with E-state index in [1.807, 2.05) is 0 Å². The summed E-state index contributed by atoms with van der Waals surface area (Å²) in [5, 5.41) is 0. The van der Waals surface area contributed by atoms with Crippen LogP contribution < -0.4 is 5.73 Å². The van der Waals surface area contributed by atoms with Gasteiger partial charge in [0.25, 0.3) is 0 Å². The highest BCUT2D eigenvalue weighted by molar-refractivity contribution is 5.29. The minimum Gasteiger partial charge on any atom is -0.325 e. The van der Waals surface area contributed by atoms with Crippen molar-refractivity contribution in [2.75, 3.05) is 0 Å². The van der Waals surface area contributed by atoms with E-state index in [9.17, 15) is 0 Å². The smallest absolute Gasteiger partial charge is 0.0219 e. The van der Waals surface area contributed by atoms with Gasteiger partial charge in [-0.15, -0.1) is 0 Å². The number of hydrogen-bond acceptors (Lipinski definition) is 1. The molecule has 2 aliphatic carbocycles. The fourth-order valence-corrected chi connectivity index (χ4v) is 1.28. The summed E-state index contributed by atoms with van der Waals surface area (Å²) in [5.41, 5.74) is 6.06. The number of nitrogens with two attached hydrogens (primary N) is 1. The lowest BCUT2D eigenvalue weighted by atomic mass is 10.2. The Morgan fingerprint density at radius 3 is 2.17 bits per heavy atom. The fourth-order valence-electron chi connectivity index (χ4n) is 1.28. The molecule has 0 bridgehead atoms. The van der Waals surface area contributed by atoms with Crippen LogP contribution in [0.4, 0.5) is 0 Å². The Bertz CT molecular complexity index is 94.1. The summed E-state index contributed by atoms with van der Waals surface area (Å²) in [5.74, 6) is 1.81. The van der Waals surface area contributed by atoms with Crippen molar-refractivity contribution in [3.8, 4) is 0 Å². The van der Waals surface area contributed by atoms with Gasteiger partial charge >= 0.3 is 0 Å². The van der Waals surface area contributed by atoms with Gasteiger partial charge in [0.05, 0.1) is 0 Å². The van der Waals surface area contributed by atoms with Crippen molar-refractivity contribution < 1.29 is 0 Å². The van der Waals surface area contributed by atoms with Crippen molar-refractivity contribution in [3.63, 3.8) is 0 Å². The molecule has 2 aliphatic rings. The first-order chi connectivity index (χ1) is 2.75. The highest BCUT2D eigenvalue weighted by Crippen LogP contribution is 2.69. The molecule has 2 unspecified atom stereocenters. The molecular formula is C5H9N. The zero-order chi connectivity index (χ0) is 4.36. The van der Waals surface area contributed by atoms with E-state index in [0.29, 0.717) is 5.54 Å². The Labute approximate surface area is 37.5 Å². The van der Waals surface area contributed by atoms with E-state index in [-0.39, 0.29) is 0 Å². The standard InChI is InChI=1S/C5H9N/c1-3-4-2-5(3,4)6/h3-4H,2,6H2,1H3/t3?,4?,5-/m0/s1. The van der Waals surface area contributed by atoms with Crippen LogP contribution in [0.15, 0.2) is 0 Å². The monoisotopic (exact) mass is 83.1 g/mol. The third kappa shape index (κ3) is 0.121. The SMILES string of the molecule is CC1C2C[C@]12N. The predicted molar refractivity (Wildman–Crippen MR) is 24.2 cm³/mol. The van der Waals surface area contributed by atoms with Gasteiger partial charge in [-0.05, 0) is 18.3 Å². The molecule has 0 aromatic heterocycles. The summed E-state index contributed by atoms with van der Waals surface area (Å²) in [4.78, 5) is 0. The van der Waals surface area contributed by atoms with Crippen molar-refractivity contribution in [1.82, 2.24) is 0 Å². The molecule has 0 saturated heterocycles. The lowest BCUT2D eigenvalue weighted by molar-refractivity contribution is 0.620. The molecule has 0 spiro atoms. The van der Waals surface area contributed by atoms with Crippen molar-refractivity contribution in [2.24, 2.45) is 17.6 Å². The molecule has 3 atom stereocenters.